The maximum Gasteiger partial charge on any atom is 0.411 e. The summed E-state index contributed by atoms with van der Waals surface area (Å²) in [6, 6.07) is 19.2. The third-order valence-electron chi connectivity index (χ3n) is 4.22. The van der Waals surface area contributed by atoms with Crippen molar-refractivity contribution in [2.75, 3.05) is 19.8 Å². The fourth-order valence-electron chi connectivity index (χ4n) is 2.66. The lowest BCUT2D eigenvalue weighted by atomic mass is 9.95. The molecule has 0 bridgehead atoms. The third kappa shape index (κ3) is 3.58. The molecule has 0 aromatic heterocycles. The van der Waals surface area contributed by atoms with Gasteiger partial charge in [-0.25, -0.2) is 4.79 Å². The summed E-state index contributed by atoms with van der Waals surface area (Å²) in [6.45, 7) is 1.06. The number of carbonyl (C=O) groups is 1. The predicted octanol–water partition coefficient (Wildman–Crippen LogP) is 2.59. The monoisotopic (exact) mass is 327 g/mol. The van der Waals surface area contributed by atoms with Gasteiger partial charge in [0.2, 0.25) is 0 Å². The van der Waals surface area contributed by atoms with Crippen LogP contribution in [0.15, 0.2) is 60.7 Å². The molecule has 24 heavy (non-hydrogen) atoms. The van der Waals surface area contributed by atoms with Gasteiger partial charge < -0.3 is 14.6 Å². The molecule has 1 aliphatic rings. The molecule has 1 fully saturated rings. The van der Waals surface area contributed by atoms with Gasteiger partial charge in [-0.15, -0.1) is 0 Å². The Balaban J connectivity index is 1.72. The van der Waals surface area contributed by atoms with Crippen LogP contribution in [0.2, 0.25) is 0 Å². The van der Waals surface area contributed by atoms with Crippen molar-refractivity contribution in [3.8, 4) is 0 Å². The van der Waals surface area contributed by atoms with E-state index in [1.165, 1.54) is 0 Å². The number of hydrogen-bond acceptors (Lipinski definition) is 4. The van der Waals surface area contributed by atoms with Crippen molar-refractivity contribution in [3.05, 3.63) is 71.8 Å². The summed E-state index contributed by atoms with van der Waals surface area (Å²) in [5.41, 5.74) is 1.20. The zero-order valence-corrected chi connectivity index (χ0v) is 13.4. The molecule has 0 atom stereocenters. The van der Waals surface area contributed by atoms with Gasteiger partial charge in [-0.05, 0) is 11.1 Å². The first-order valence-corrected chi connectivity index (χ1v) is 7.94. The quantitative estimate of drug-likeness (QED) is 0.886. The summed E-state index contributed by atoms with van der Waals surface area (Å²) in [4.78, 5) is 14.2. The van der Waals surface area contributed by atoms with Crippen LogP contribution in [0, 0.1) is 0 Å². The second kappa shape index (κ2) is 7.47. The largest absolute Gasteiger partial charge is 0.445 e. The summed E-state index contributed by atoms with van der Waals surface area (Å²) in [5, 5.41) is 9.79. The summed E-state index contributed by atoms with van der Waals surface area (Å²) >= 11 is 0. The Kier molecular flexibility index (Phi) is 5.13. The van der Waals surface area contributed by atoms with Crippen LogP contribution in [-0.2, 0) is 22.6 Å². The van der Waals surface area contributed by atoms with E-state index in [-0.39, 0.29) is 13.2 Å². The highest BCUT2D eigenvalue weighted by Crippen LogP contribution is 2.27. The predicted molar refractivity (Wildman–Crippen MR) is 89.2 cm³/mol. The minimum absolute atomic E-state index is 0.153. The number of ether oxygens (including phenoxy) is 2. The number of nitrogens with zero attached hydrogens (tertiary/aromatic N) is 1. The highest BCUT2D eigenvalue weighted by molar-refractivity contribution is 5.69. The van der Waals surface area contributed by atoms with Crippen LogP contribution in [0.4, 0.5) is 4.79 Å². The van der Waals surface area contributed by atoms with Gasteiger partial charge in [0.15, 0.2) is 0 Å². The first-order chi connectivity index (χ1) is 11.7. The molecule has 1 saturated heterocycles. The molecule has 1 aliphatic heterocycles. The smallest absolute Gasteiger partial charge is 0.411 e. The zero-order chi connectivity index (χ0) is 16.8. The Bertz CT molecular complexity index is 650. The van der Waals surface area contributed by atoms with Crippen molar-refractivity contribution in [2.45, 2.75) is 18.7 Å². The molecule has 0 unspecified atom stereocenters. The Morgan fingerprint density at radius 1 is 1.04 bits per heavy atom. The third-order valence-corrected chi connectivity index (χ3v) is 4.22. The van der Waals surface area contributed by atoms with E-state index in [0.717, 1.165) is 11.1 Å². The molecular weight excluding hydrogens is 306 g/mol. The Morgan fingerprint density at radius 3 is 2.12 bits per heavy atom. The molecule has 5 nitrogen and oxygen atoms in total. The number of amides is 1. The number of hydrogen-bond donors (Lipinski definition) is 1. The normalized spacial score (nSPS) is 15.4. The first-order valence-electron chi connectivity index (χ1n) is 7.94. The van der Waals surface area contributed by atoms with E-state index < -0.39 is 11.6 Å². The average Bonchev–Trinajstić information content (AvgIpc) is 2.60. The SMILES string of the molecule is O=C(OCc1ccccc1)N(Cc1ccccc1)C1(CO)COC1. The minimum Gasteiger partial charge on any atom is -0.445 e. The van der Waals surface area contributed by atoms with Crippen LogP contribution in [0.5, 0.6) is 0 Å². The molecule has 1 heterocycles. The van der Waals surface area contributed by atoms with Gasteiger partial charge in [0.25, 0.3) is 0 Å². The summed E-state index contributed by atoms with van der Waals surface area (Å²) < 4.78 is 10.7. The molecule has 5 heteroatoms. The lowest BCUT2D eigenvalue weighted by Crippen LogP contribution is -2.65. The van der Waals surface area contributed by atoms with Crippen LogP contribution in [0.1, 0.15) is 11.1 Å². The minimum atomic E-state index is -0.705. The van der Waals surface area contributed by atoms with E-state index >= 15 is 0 Å². The number of rotatable bonds is 6. The average molecular weight is 327 g/mol. The molecule has 2 aromatic carbocycles. The molecule has 0 aliphatic carbocycles. The summed E-state index contributed by atoms with van der Waals surface area (Å²) in [7, 11) is 0. The standard InChI is InChI=1S/C19H21NO4/c21-13-19(14-23-15-19)20(11-16-7-3-1-4-8-16)18(22)24-12-17-9-5-2-6-10-17/h1-10,21H,11-15H2. The topological polar surface area (TPSA) is 59.0 Å². The van der Waals surface area contributed by atoms with Gasteiger partial charge in [-0.1, -0.05) is 60.7 Å². The van der Waals surface area contributed by atoms with Crippen molar-refractivity contribution >= 4 is 6.09 Å². The van der Waals surface area contributed by atoms with Crippen LogP contribution in [-0.4, -0.2) is 41.5 Å². The molecule has 2 aromatic rings. The highest BCUT2D eigenvalue weighted by Gasteiger charge is 2.47. The maximum absolute atomic E-state index is 12.7. The summed E-state index contributed by atoms with van der Waals surface area (Å²) in [5.74, 6) is 0. The second-order valence-electron chi connectivity index (χ2n) is 5.99. The zero-order valence-electron chi connectivity index (χ0n) is 13.4. The van der Waals surface area contributed by atoms with E-state index in [1.54, 1.807) is 4.90 Å². The molecular formula is C19H21NO4. The lowest BCUT2D eigenvalue weighted by Gasteiger charge is -2.47. The van der Waals surface area contributed by atoms with Crippen molar-refractivity contribution < 1.29 is 19.4 Å². The molecule has 0 spiro atoms. The van der Waals surface area contributed by atoms with E-state index in [2.05, 4.69) is 0 Å². The van der Waals surface area contributed by atoms with Crippen molar-refractivity contribution in [1.82, 2.24) is 4.90 Å². The highest BCUT2D eigenvalue weighted by atomic mass is 16.6. The summed E-state index contributed by atoms with van der Waals surface area (Å²) in [6.07, 6.45) is -0.444. The van der Waals surface area contributed by atoms with Crippen molar-refractivity contribution in [2.24, 2.45) is 0 Å². The maximum atomic E-state index is 12.7. The first kappa shape index (κ1) is 16.5. The van der Waals surface area contributed by atoms with E-state index in [1.807, 2.05) is 60.7 Å². The van der Waals surface area contributed by atoms with Crippen LogP contribution in [0.25, 0.3) is 0 Å². The fourth-order valence-corrected chi connectivity index (χ4v) is 2.66. The van der Waals surface area contributed by atoms with Gasteiger partial charge in [0, 0.05) is 6.54 Å². The number of aliphatic hydroxyl groups excluding tert-OH is 1. The van der Waals surface area contributed by atoms with Crippen LogP contribution >= 0.6 is 0 Å². The van der Waals surface area contributed by atoms with Gasteiger partial charge in [0.05, 0.1) is 19.8 Å². The number of carbonyl (C=O) groups excluding carboxylic acids is 1. The van der Waals surface area contributed by atoms with E-state index in [9.17, 15) is 9.90 Å². The number of benzene rings is 2. The molecule has 0 saturated carbocycles. The number of aliphatic hydroxyl groups is 1. The Hall–Kier alpha value is -2.37. The van der Waals surface area contributed by atoms with Crippen LogP contribution < -0.4 is 0 Å². The molecule has 126 valence electrons. The molecule has 0 radical (unpaired) electrons. The van der Waals surface area contributed by atoms with E-state index in [4.69, 9.17) is 9.47 Å². The van der Waals surface area contributed by atoms with Crippen molar-refractivity contribution in [1.29, 1.82) is 0 Å². The van der Waals surface area contributed by atoms with E-state index in [0.29, 0.717) is 19.8 Å². The van der Waals surface area contributed by atoms with Gasteiger partial charge in [-0.2, -0.15) is 0 Å². The second-order valence-corrected chi connectivity index (χ2v) is 5.99. The Morgan fingerprint density at radius 2 is 1.62 bits per heavy atom. The van der Waals surface area contributed by atoms with Crippen molar-refractivity contribution in [3.63, 3.8) is 0 Å². The molecule has 1 amide bonds. The lowest BCUT2D eigenvalue weighted by molar-refractivity contribution is -0.154. The fraction of sp³-hybridized carbons (Fsp3) is 0.316. The van der Waals surface area contributed by atoms with Gasteiger partial charge in [-0.3, -0.25) is 4.90 Å². The molecule has 1 N–H and O–H groups in total. The van der Waals surface area contributed by atoms with Gasteiger partial charge in [0.1, 0.15) is 12.1 Å². The van der Waals surface area contributed by atoms with Crippen LogP contribution in [0.3, 0.4) is 0 Å². The molecule has 3 rings (SSSR count). The van der Waals surface area contributed by atoms with Gasteiger partial charge >= 0.3 is 6.09 Å². The Labute approximate surface area is 141 Å².